The Labute approximate surface area is 129 Å². The van der Waals surface area contributed by atoms with Crippen molar-refractivity contribution in [2.24, 2.45) is 5.92 Å². The van der Waals surface area contributed by atoms with E-state index in [0.717, 1.165) is 25.9 Å². The van der Waals surface area contributed by atoms with Gasteiger partial charge in [0, 0.05) is 25.2 Å². The second kappa shape index (κ2) is 6.22. The number of rotatable bonds is 2. The second-order valence-electron chi connectivity index (χ2n) is 6.04. The molecule has 6 heteroatoms. The van der Waals surface area contributed by atoms with Crippen molar-refractivity contribution in [3.8, 4) is 0 Å². The molecule has 3 N–H and O–H groups in total. The lowest BCUT2D eigenvalue weighted by atomic mass is 9.71. The molecule has 1 unspecified atom stereocenters. The molecule has 0 bridgehead atoms. The molecule has 1 aromatic carbocycles. The van der Waals surface area contributed by atoms with Gasteiger partial charge >= 0.3 is 6.09 Å². The van der Waals surface area contributed by atoms with Crippen molar-refractivity contribution >= 4 is 6.09 Å². The highest BCUT2D eigenvalue weighted by molar-refractivity contribution is 5.67. The highest BCUT2D eigenvalue weighted by atomic mass is 19.1. The minimum atomic E-state index is -0.969. The Bertz CT molecular complexity index is 548. The van der Waals surface area contributed by atoms with Crippen LogP contribution < -0.4 is 10.6 Å². The maximum absolute atomic E-state index is 14.5. The molecule has 5 nitrogen and oxygen atoms in total. The van der Waals surface area contributed by atoms with Gasteiger partial charge in [0.05, 0.1) is 5.54 Å². The van der Waals surface area contributed by atoms with Crippen molar-refractivity contribution in [3.05, 3.63) is 35.6 Å². The number of nitrogens with zero attached hydrogens (tertiary/aromatic N) is 1. The number of carbonyl (C=O) groups is 1. The van der Waals surface area contributed by atoms with Gasteiger partial charge in [-0.15, -0.1) is 0 Å². The molecule has 1 aromatic rings. The fraction of sp³-hybridized carbons (Fsp3) is 0.562. The molecule has 120 valence electrons. The van der Waals surface area contributed by atoms with Gasteiger partial charge in [-0.25, -0.2) is 9.18 Å². The standard InChI is InChI=1S/C16H22FN3O2/c17-14-4-2-1-3-13(14)16(12-5-7-18-8-6-12)11-19-9-10-20(16)15(21)22/h1-4,12,18-19H,5-11H2,(H,21,22). The summed E-state index contributed by atoms with van der Waals surface area (Å²) in [4.78, 5) is 13.3. The largest absolute Gasteiger partial charge is 0.465 e. The Hall–Kier alpha value is -1.66. The number of halogens is 1. The summed E-state index contributed by atoms with van der Waals surface area (Å²) in [5.74, 6) is -0.217. The molecule has 2 heterocycles. The van der Waals surface area contributed by atoms with Crippen molar-refractivity contribution in [2.75, 3.05) is 32.7 Å². The number of nitrogens with one attached hydrogen (secondary N) is 2. The van der Waals surface area contributed by atoms with Gasteiger partial charge < -0.3 is 15.7 Å². The number of hydrogen-bond acceptors (Lipinski definition) is 3. The van der Waals surface area contributed by atoms with Gasteiger partial charge in [0.1, 0.15) is 5.82 Å². The SMILES string of the molecule is O=C(O)N1CCNCC1(c1ccccc1F)C1CCNCC1. The van der Waals surface area contributed by atoms with E-state index in [2.05, 4.69) is 10.6 Å². The summed E-state index contributed by atoms with van der Waals surface area (Å²) in [6, 6.07) is 6.60. The average molecular weight is 307 g/mol. The molecule has 2 aliphatic rings. The summed E-state index contributed by atoms with van der Waals surface area (Å²) in [5.41, 5.74) is -0.325. The number of amides is 1. The van der Waals surface area contributed by atoms with Crippen LogP contribution in [0.2, 0.25) is 0 Å². The van der Waals surface area contributed by atoms with E-state index >= 15 is 0 Å². The van der Waals surface area contributed by atoms with Crippen LogP contribution in [0.15, 0.2) is 24.3 Å². The Kier molecular flexibility index (Phi) is 4.31. The van der Waals surface area contributed by atoms with E-state index in [4.69, 9.17) is 0 Å². The van der Waals surface area contributed by atoms with Gasteiger partial charge in [0.25, 0.3) is 0 Å². The number of piperazine rings is 1. The maximum Gasteiger partial charge on any atom is 0.408 e. The Morgan fingerprint density at radius 2 is 1.95 bits per heavy atom. The summed E-state index contributed by atoms with van der Waals surface area (Å²) >= 11 is 0. The first-order valence-corrected chi connectivity index (χ1v) is 7.83. The fourth-order valence-electron chi connectivity index (χ4n) is 3.97. The third kappa shape index (κ3) is 2.46. The maximum atomic E-state index is 14.5. The topological polar surface area (TPSA) is 64.6 Å². The summed E-state index contributed by atoms with van der Waals surface area (Å²) in [5, 5.41) is 16.3. The molecule has 22 heavy (non-hydrogen) atoms. The summed E-state index contributed by atoms with van der Waals surface area (Å²) in [6.07, 6.45) is 0.725. The van der Waals surface area contributed by atoms with E-state index < -0.39 is 11.6 Å². The number of carboxylic acid groups (broad SMARTS) is 1. The van der Waals surface area contributed by atoms with E-state index in [0.29, 0.717) is 25.2 Å². The molecule has 2 saturated heterocycles. The average Bonchev–Trinajstić information content (AvgIpc) is 2.56. The van der Waals surface area contributed by atoms with Crippen LogP contribution >= 0.6 is 0 Å². The van der Waals surface area contributed by atoms with Gasteiger partial charge in [0.15, 0.2) is 0 Å². The van der Waals surface area contributed by atoms with Crippen LogP contribution in [-0.2, 0) is 5.54 Å². The lowest BCUT2D eigenvalue weighted by Gasteiger charge is -2.52. The zero-order valence-corrected chi connectivity index (χ0v) is 12.5. The van der Waals surface area contributed by atoms with Crippen LogP contribution in [0.4, 0.5) is 9.18 Å². The zero-order chi connectivity index (χ0) is 15.6. The third-order valence-electron chi connectivity index (χ3n) is 4.97. The summed E-state index contributed by atoms with van der Waals surface area (Å²) in [6.45, 7) is 3.13. The van der Waals surface area contributed by atoms with Gasteiger partial charge in [-0.05, 0) is 37.9 Å². The smallest absolute Gasteiger partial charge is 0.408 e. The monoisotopic (exact) mass is 307 g/mol. The van der Waals surface area contributed by atoms with Crippen LogP contribution in [0.5, 0.6) is 0 Å². The molecule has 1 atom stereocenters. The van der Waals surface area contributed by atoms with Crippen LogP contribution in [0.3, 0.4) is 0 Å². The van der Waals surface area contributed by atoms with Crippen molar-refractivity contribution in [1.29, 1.82) is 0 Å². The molecular formula is C16H22FN3O2. The lowest BCUT2D eigenvalue weighted by Crippen LogP contribution is -2.65. The highest BCUT2D eigenvalue weighted by Gasteiger charge is 2.50. The van der Waals surface area contributed by atoms with Crippen LogP contribution in [0, 0.1) is 11.7 Å². The summed E-state index contributed by atoms with van der Waals surface area (Å²) in [7, 11) is 0. The van der Waals surface area contributed by atoms with E-state index in [1.54, 1.807) is 18.2 Å². The molecule has 2 fully saturated rings. The third-order valence-corrected chi connectivity index (χ3v) is 4.97. The predicted octanol–water partition coefficient (Wildman–Crippen LogP) is 1.60. The normalized spacial score (nSPS) is 26.9. The van der Waals surface area contributed by atoms with Crippen LogP contribution in [-0.4, -0.2) is 48.8 Å². The van der Waals surface area contributed by atoms with E-state index in [-0.39, 0.29) is 11.7 Å². The zero-order valence-electron chi connectivity index (χ0n) is 12.5. The molecule has 0 aliphatic carbocycles. The van der Waals surface area contributed by atoms with Gasteiger partial charge in [-0.1, -0.05) is 18.2 Å². The summed E-state index contributed by atoms with van der Waals surface area (Å²) < 4.78 is 14.5. The van der Waals surface area contributed by atoms with Crippen molar-refractivity contribution in [1.82, 2.24) is 15.5 Å². The van der Waals surface area contributed by atoms with Crippen LogP contribution in [0.1, 0.15) is 18.4 Å². The minimum absolute atomic E-state index is 0.106. The van der Waals surface area contributed by atoms with Gasteiger partial charge in [-0.3, -0.25) is 4.90 Å². The predicted molar refractivity (Wildman–Crippen MR) is 81.3 cm³/mol. The Morgan fingerprint density at radius 3 is 2.64 bits per heavy atom. The molecule has 0 saturated carbocycles. The molecular weight excluding hydrogens is 285 g/mol. The van der Waals surface area contributed by atoms with E-state index in [1.165, 1.54) is 11.0 Å². The first kappa shape index (κ1) is 15.2. The Morgan fingerprint density at radius 1 is 1.23 bits per heavy atom. The molecule has 0 radical (unpaired) electrons. The first-order chi connectivity index (χ1) is 10.7. The minimum Gasteiger partial charge on any atom is -0.465 e. The lowest BCUT2D eigenvalue weighted by molar-refractivity contribution is 0.00128. The van der Waals surface area contributed by atoms with Crippen molar-refractivity contribution < 1.29 is 14.3 Å². The van der Waals surface area contributed by atoms with Crippen molar-refractivity contribution in [2.45, 2.75) is 18.4 Å². The first-order valence-electron chi connectivity index (χ1n) is 7.83. The number of hydrogen-bond donors (Lipinski definition) is 3. The Balaban J connectivity index is 2.12. The van der Waals surface area contributed by atoms with Crippen molar-refractivity contribution in [3.63, 3.8) is 0 Å². The van der Waals surface area contributed by atoms with Gasteiger partial charge in [-0.2, -0.15) is 0 Å². The number of benzene rings is 1. The van der Waals surface area contributed by atoms with E-state index in [1.807, 2.05) is 0 Å². The molecule has 1 amide bonds. The molecule has 0 spiro atoms. The molecule has 2 aliphatic heterocycles. The molecule has 0 aromatic heterocycles. The van der Waals surface area contributed by atoms with E-state index in [9.17, 15) is 14.3 Å². The van der Waals surface area contributed by atoms with Gasteiger partial charge in [0.2, 0.25) is 0 Å². The molecule has 3 rings (SSSR count). The highest BCUT2D eigenvalue weighted by Crippen LogP contribution is 2.42. The van der Waals surface area contributed by atoms with Crippen LogP contribution in [0.25, 0.3) is 0 Å². The second-order valence-corrected chi connectivity index (χ2v) is 6.04. The quantitative estimate of drug-likeness (QED) is 0.776. The fourth-order valence-corrected chi connectivity index (χ4v) is 3.97. The number of piperidine rings is 1.